The van der Waals surface area contributed by atoms with E-state index in [4.69, 9.17) is 5.73 Å². The van der Waals surface area contributed by atoms with Crippen LogP contribution < -0.4 is 5.73 Å². The van der Waals surface area contributed by atoms with Crippen LogP contribution in [0.4, 0.5) is 0 Å². The van der Waals surface area contributed by atoms with Gasteiger partial charge in [0.05, 0.1) is 5.92 Å². The van der Waals surface area contributed by atoms with E-state index in [1.807, 2.05) is 54.7 Å². The summed E-state index contributed by atoms with van der Waals surface area (Å²) in [6.45, 7) is 0.954. The zero-order valence-electron chi connectivity index (χ0n) is 17.2. The first-order valence-corrected chi connectivity index (χ1v) is 9.94. The molecule has 0 saturated heterocycles. The predicted molar refractivity (Wildman–Crippen MR) is 118 cm³/mol. The smallest absolute Gasteiger partial charge is 0.229 e. The zero-order chi connectivity index (χ0) is 21.1. The standard InChI is InChI=1S/C24H25N5O/c1-28(2)12-10-17-4-3-5-21(14-17)23(24(25)30)19-8-6-18(7-9-19)20-11-13-29-22(15-20)26-16-27-29/h3-9,11,13-16,23H,10,12H2,1-2H3,(H2,25,30). The lowest BCUT2D eigenvalue weighted by molar-refractivity contribution is -0.118. The van der Waals surface area contributed by atoms with Gasteiger partial charge in [0, 0.05) is 12.7 Å². The SMILES string of the molecule is CN(C)CCc1cccc(C(C(N)=O)c2ccc(-c3ccn4ncnc4c3)cc2)c1. The van der Waals surface area contributed by atoms with Gasteiger partial charge in [-0.15, -0.1) is 0 Å². The Balaban J connectivity index is 1.62. The molecule has 0 saturated carbocycles. The van der Waals surface area contributed by atoms with Crippen molar-refractivity contribution in [1.82, 2.24) is 19.5 Å². The van der Waals surface area contributed by atoms with Crippen molar-refractivity contribution in [2.75, 3.05) is 20.6 Å². The molecule has 0 fully saturated rings. The van der Waals surface area contributed by atoms with Gasteiger partial charge in [0.15, 0.2) is 5.65 Å². The minimum atomic E-state index is -0.475. The number of benzene rings is 2. The van der Waals surface area contributed by atoms with Crippen LogP contribution in [0.3, 0.4) is 0 Å². The van der Waals surface area contributed by atoms with Crippen LogP contribution in [0.25, 0.3) is 16.8 Å². The lowest BCUT2D eigenvalue weighted by atomic mass is 9.88. The van der Waals surface area contributed by atoms with Crippen molar-refractivity contribution >= 4 is 11.6 Å². The molecule has 6 nitrogen and oxygen atoms in total. The maximum atomic E-state index is 12.3. The van der Waals surface area contributed by atoms with Crippen molar-refractivity contribution in [1.29, 1.82) is 0 Å². The fourth-order valence-corrected chi connectivity index (χ4v) is 3.66. The molecular formula is C24H25N5O. The lowest BCUT2D eigenvalue weighted by Crippen LogP contribution is -2.22. The van der Waals surface area contributed by atoms with Crippen LogP contribution in [-0.4, -0.2) is 46.0 Å². The summed E-state index contributed by atoms with van der Waals surface area (Å²) in [5.41, 5.74) is 11.7. The average Bonchev–Trinajstić information content (AvgIpc) is 3.21. The summed E-state index contributed by atoms with van der Waals surface area (Å²) < 4.78 is 1.73. The van der Waals surface area contributed by atoms with E-state index in [-0.39, 0.29) is 5.91 Å². The highest BCUT2D eigenvalue weighted by molar-refractivity contribution is 5.86. The number of rotatable bonds is 7. The van der Waals surface area contributed by atoms with E-state index in [1.165, 1.54) is 11.9 Å². The molecule has 0 aliphatic carbocycles. The fourth-order valence-electron chi connectivity index (χ4n) is 3.66. The maximum absolute atomic E-state index is 12.3. The summed E-state index contributed by atoms with van der Waals surface area (Å²) in [6, 6.07) is 20.1. The number of aromatic nitrogens is 3. The Hall–Kier alpha value is -3.51. The van der Waals surface area contributed by atoms with Gasteiger partial charge in [-0.3, -0.25) is 4.79 Å². The van der Waals surface area contributed by atoms with Crippen LogP contribution in [0.2, 0.25) is 0 Å². The topological polar surface area (TPSA) is 76.5 Å². The largest absolute Gasteiger partial charge is 0.369 e. The summed E-state index contributed by atoms with van der Waals surface area (Å²) >= 11 is 0. The van der Waals surface area contributed by atoms with Crippen LogP contribution in [0.15, 0.2) is 73.2 Å². The van der Waals surface area contributed by atoms with Crippen LogP contribution in [-0.2, 0) is 11.2 Å². The lowest BCUT2D eigenvalue weighted by Gasteiger charge is -2.17. The molecule has 0 aliphatic heterocycles. The number of amides is 1. The Labute approximate surface area is 176 Å². The second-order valence-corrected chi connectivity index (χ2v) is 7.73. The number of carbonyl (C=O) groups excluding carboxylic acids is 1. The molecule has 0 bridgehead atoms. The van der Waals surface area contributed by atoms with Gasteiger partial charge >= 0.3 is 0 Å². The predicted octanol–water partition coefficient (Wildman–Crippen LogP) is 3.12. The minimum Gasteiger partial charge on any atom is -0.369 e. The third-order valence-corrected chi connectivity index (χ3v) is 5.27. The molecule has 6 heteroatoms. The number of primary amides is 1. The minimum absolute atomic E-state index is 0.350. The third kappa shape index (κ3) is 4.23. The van der Waals surface area contributed by atoms with Crippen molar-refractivity contribution in [3.63, 3.8) is 0 Å². The summed E-state index contributed by atoms with van der Waals surface area (Å²) in [4.78, 5) is 18.7. The van der Waals surface area contributed by atoms with E-state index in [0.717, 1.165) is 40.9 Å². The number of fused-ring (bicyclic) bond motifs is 1. The summed E-state index contributed by atoms with van der Waals surface area (Å²) in [5.74, 6) is -0.824. The fraction of sp³-hybridized carbons (Fsp3) is 0.208. The highest BCUT2D eigenvalue weighted by Crippen LogP contribution is 2.28. The molecule has 2 aromatic heterocycles. The van der Waals surface area contributed by atoms with Crippen molar-refractivity contribution in [2.24, 2.45) is 5.73 Å². The Morgan fingerprint density at radius 1 is 1.03 bits per heavy atom. The first-order valence-electron chi connectivity index (χ1n) is 9.94. The molecule has 2 aromatic carbocycles. The van der Waals surface area contributed by atoms with Gasteiger partial charge in [0.2, 0.25) is 5.91 Å². The van der Waals surface area contributed by atoms with E-state index in [0.29, 0.717) is 0 Å². The molecule has 152 valence electrons. The Morgan fingerprint density at radius 3 is 2.57 bits per heavy atom. The van der Waals surface area contributed by atoms with E-state index < -0.39 is 5.92 Å². The highest BCUT2D eigenvalue weighted by atomic mass is 16.1. The highest BCUT2D eigenvalue weighted by Gasteiger charge is 2.20. The van der Waals surface area contributed by atoms with Gasteiger partial charge in [-0.05, 0) is 60.5 Å². The normalized spacial score (nSPS) is 12.4. The second-order valence-electron chi connectivity index (χ2n) is 7.73. The summed E-state index contributed by atoms with van der Waals surface area (Å²) in [6.07, 6.45) is 4.35. The number of nitrogens with two attached hydrogens (primary N) is 1. The number of hydrogen-bond donors (Lipinski definition) is 1. The Morgan fingerprint density at radius 2 is 1.83 bits per heavy atom. The molecule has 0 radical (unpaired) electrons. The molecule has 0 aliphatic rings. The number of nitrogens with zero attached hydrogens (tertiary/aromatic N) is 4. The molecule has 2 N–H and O–H groups in total. The summed E-state index contributed by atoms with van der Waals surface area (Å²) in [5, 5.41) is 4.13. The van der Waals surface area contributed by atoms with Gasteiger partial charge in [0.25, 0.3) is 0 Å². The number of hydrogen-bond acceptors (Lipinski definition) is 4. The number of carbonyl (C=O) groups is 1. The van der Waals surface area contributed by atoms with E-state index in [9.17, 15) is 4.79 Å². The second kappa shape index (κ2) is 8.47. The molecule has 4 rings (SSSR count). The average molecular weight is 399 g/mol. The van der Waals surface area contributed by atoms with Gasteiger partial charge in [-0.1, -0.05) is 48.5 Å². The van der Waals surface area contributed by atoms with Crippen molar-refractivity contribution in [2.45, 2.75) is 12.3 Å². The molecular weight excluding hydrogens is 374 g/mol. The number of pyridine rings is 1. The van der Waals surface area contributed by atoms with Gasteiger partial charge < -0.3 is 10.6 Å². The first kappa shape index (κ1) is 19.8. The third-order valence-electron chi connectivity index (χ3n) is 5.27. The van der Waals surface area contributed by atoms with Crippen molar-refractivity contribution in [3.8, 4) is 11.1 Å². The number of likely N-dealkylation sites (N-methyl/N-ethyl adjacent to an activating group) is 1. The Bertz CT molecular complexity index is 1160. The van der Waals surface area contributed by atoms with E-state index in [2.05, 4.69) is 41.2 Å². The molecule has 4 aromatic rings. The van der Waals surface area contributed by atoms with Gasteiger partial charge in [-0.25, -0.2) is 9.50 Å². The van der Waals surface area contributed by atoms with Crippen molar-refractivity contribution in [3.05, 3.63) is 89.9 Å². The zero-order valence-corrected chi connectivity index (χ0v) is 17.2. The molecule has 1 atom stereocenters. The van der Waals surface area contributed by atoms with E-state index in [1.54, 1.807) is 4.52 Å². The van der Waals surface area contributed by atoms with Crippen LogP contribution in [0.5, 0.6) is 0 Å². The van der Waals surface area contributed by atoms with Gasteiger partial charge in [-0.2, -0.15) is 5.10 Å². The Kier molecular flexibility index (Phi) is 5.59. The quantitative estimate of drug-likeness (QED) is 0.518. The van der Waals surface area contributed by atoms with Crippen LogP contribution in [0, 0.1) is 0 Å². The monoisotopic (exact) mass is 399 g/mol. The molecule has 2 heterocycles. The van der Waals surface area contributed by atoms with E-state index >= 15 is 0 Å². The molecule has 1 unspecified atom stereocenters. The molecule has 0 spiro atoms. The van der Waals surface area contributed by atoms with Crippen LogP contribution in [0.1, 0.15) is 22.6 Å². The first-order chi connectivity index (χ1) is 14.5. The molecule has 30 heavy (non-hydrogen) atoms. The molecule has 1 amide bonds. The maximum Gasteiger partial charge on any atom is 0.229 e. The van der Waals surface area contributed by atoms with Crippen LogP contribution >= 0.6 is 0 Å². The summed E-state index contributed by atoms with van der Waals surface area (Å²) in [7, 11) is 4.11. The van der Waals surface area contributed by atoms with Crippen molar-refractivity contribution < 1.29 is 4.79 Å². The van der Waals surface area contributed by atoms with Gasteiger partial charge in [0.1, 0.15) is 6.33 Å².